The summed E-state index contributed by atoms with van der Waals surface area (Å²) >= 11 is 1.91. The Morgan fingerprint density at radius 1 is 1.64 bits per heavy atom. The number of carbonyl (C=O) groups is 1. The van der Waals surface area contributed by atoms with Crippen LogP contribution in [0.2, 0.25) is 0 Å². The van der Waals surface area contributed by atoms with Gasteiger partial charge in [0.2, 0.25) is 5.91 Å². The van der Waals surface area contributed by atoms with Gasteiger partial charge in [0.15, 0.2) is 0 Å². The molecular weight excluding hydrogens is 196 g/mol. The molecule has 0 aromatic heterocycles. The lowest BCUT2D eigenvalue weighted by atomic mass is 10.1. The summed E-state index contributed by atoms with van der Waals surface area (Å²) in [5, 5.41) is 0. The molecule has 1 heterocycles. The Labute approximate surface area is 89.4 Å². The molecule has 2 rings (SSSR count). The monoisotopic (exact) mass is 214 g/mol. The molecule has 3 nitrogen and oxygen atoms in total. The highest BCUT2D eigenvalue weighted by atomic mass is 32.2. The fraction of sp³-hybridized carbons (Fsp3) is 0.900. The van der Waals surface area contributed by atoms with Crippen LogP contribution in [-0.2, 0) is 4.79 Å². The molecule has 0 aromatic rings. The van der Waals surface area contributed by atoms with Gasteiger partial charge >= 0.3 is 0 Å². The van der Waals surface area contributed by atoms with E-state index in [1.54, 1.807) is 0 Å². The van der Waals surface area contributed by atoms with Crippen molar-refractivity contribution in [1.82, 2.24) is 4.90 Å². The Morgan fingerprint density at radius 2 is 2.36 bits per heavy atom. The lowest BCUT2D eigenvalue weighted by Crippen LogP contribution is -2.33. The summed E-state index contributed by atoms with van der Waals surface area (Å²) in [4.78, 5) is 13.6. The topological polar surface area (TPSA) is 46.3 Å². The summed E-state index contributed by atoms with van der Waals surface area (Å²) in [6.07, 6.45) is 5.35. The molecule has 2 N–H and O–H groups in total. The molecule has 1 saturated heterocycles. The molecule has 14 heavy (non-hydrogen) atoms. The quantitative estimate of drug-likeness (QED) is 0.749. The van der Waals surface area contributed by atoms with Crippen LogP contribution >= 0.6 is 11.8 Å². The minimum Gasteiger partial charge on any atom is -0.341 e. The van der Waals surface area contributed by atoms with Crippen molar-refractivity contribution in [3.63, 3.8) is 0 Å². The summed E-state index contributed by atoms with van der Waals surface area (Å²) < 4.78 is 0.402. The molecule has 1 aliphatic heterocycles. The van der Waals surface area contributed by atoms with Crippen LogP contribution in [-0.4, -0.2) is 41.4 Å². The summed E-state index contributed by atoms with van der Waals surface area (Å²) in [6, 6.07) is 0. The van der Waals surface area contributed by atoms with Crippen molar-refractivity contribution in [2.45, 2.75) is 24.0 Å². The largest absolute Gasteiger partial charge is 0.341 e. The van der Waals surface area contributed by atoms with Crippen LogP contribution in [0.25, 0.3) is 0 Å². The lowest BCUT2D eigenvalue weighted by Gasteiger charge is -2.22. The number of rotatable bonds is 4. The van der Waals surface area contributed by atoms with E-state index in [1.165, 1.54) is 12.8 Å². The number of nitrogens with two attached hydrogens (primary N) is 1. The van der Waals surface area contributed by atoms with E-state index in [0.29, 0.717) is 29.5 Å². The smallest absolute Gasteiger partial charge is 0.223 e. The third-order valence-corrected chi connectivity index (χ3v) is 4.75. The second-order valence-electron chi connectivity index (χ2n) is 4.47. The van der Waals surface area contributed by atoms with Crippen molar-refractivity contribution in [2.75, 3.05) is 25.9 Å². The Kier molecular flexibility index (Phi) is 2.75. The predicted molar refractivity (Wildman–Crippen MR) is 59.2 cm³/mol. The van der Waals surface area contributed by atoms with E-state index in [9.17, 15) is 4.79 Å². The van der Waals surface area contributed by atoms with Crippen LogP contribution < -0.4 is 5.73 Å². The Bertz CT molecular complexity index is 240. The van der Waals surface area contributed by atoms with Gasteiger partial charge in [-0.05, 0) is 31.6 Å². The summed E-state index contributed by atoms with van der Waals surface area (Å²) in [7, 11) is 0. The normalized spacial score (nSPS) is 29.7. The average Bonchev–Trinajstić information content (AvgIpc) is 2.87. The Morgan fingerprint density at radius 3 is 2.79 bits per heavy atom. The third-order valence-electron chi connectivity index (χ3n) is 3.35. The van der Waals surface area contributed by atoms with E-state index in [4.69, 9.17) is 5.73 Å². The van der Waals surface area contributed by atoms with Gasteiger partial charge in [-0.1, -0.05) is 0 Å². The first-order valence-electron chi connectivity index (χ1n) is 5.22. The van der Waals surface area contributed by atoms with Gasteiger partial charge < -0.3 is 10.6 Å². The van der Waals surface area contributed by atoms with Crippen molar-refractivity contribution in [3.05, 3.63) is 0 Å². The van der Waals surface area contributed by atoms with E-state index >= 15 is 0 Å². The van der Waals surface area contributed by atoms with Crippen molar-refractivity contribution in [1.29, 1.82) is 0 Å². The maximum Gasteiger partial charge on any atom is 0.223 e. The van der Waals surface area contributed by atoms with Gasteiger partial charge in [0.1, 0.15) is 0 Å². The molecule has 0 bridgehead atoms. The SMILES string of the molecule is CSC1(CN2CC(CN)CC2=O)CC1. The zero-order chi connectivity index (χ0) is 10.2. The van der Waals surface area contributed by atoms with Crippen molar-refractivity contribution < 1.29 is 4.79 Å². The number of carbonyl (C=O) groups excluding carboxylic acids is 1. The number of nitrogens with zero attached hydrogens (tertiary/aromatic N) is 1. The van der Waals surface area contributed by atoms with Gasteiger partial charge in [0.05, 0.1) is 0 Å². The van der Waals surface area contributed by atoms with E-state index in [2.05, 4.69) is 6.26 Å². The van der Waals surface area contributed by atoms with Crippen molar-refractivity contribution >= 4 is 17.7 Å². The molecular formula is C10H18N2OS. The van der Waals surface area contributed by atoms with Gasteiger partial charge in [-0.3, -0.25) is 4.79 Å². The van der Waals surface area contributed by atoms with Crippen molar-refractivity contribution in [2.24, 2.45) is 11.7 Å². The van der Waals surface area contributed by atoms with Gasteiger partial charge in [-0.15, -0.1) is 0 Å². The summed E-state index contributed by atoms with van der Waals surface area (Å²) in [5.41, 5.74) is 5.59. The fourth-order valence-electron chi connectivity index (χ4n) is 2.08. The minimum absolute atomic E-state index is 0.306. The molecule has 4 heteroatoms. The van der Waals surface area contributed by atoms with Crippen LogP contribution in [0.15, 0.2) is 0 Å². The summed E-state index contributed by atoms with van der Waals surface area (Å²) in [6.45, 7) is 2.48. The number of hydrogen-bond donors (Lipinski definition) is 1. The first-order chi connectivity index (χ1) is 6.69. The highest BCUT2D eigenvalue weighted by Gasteiger charge is 2.45. The first kappa shape index (κ1) is 10.3. The molecule has 1 atom stereocenters. The van der Waals surface area contributed by atoms with Crippen LogP contribution in [0.1, 0.15) is 19.3 Å². The number of likely N-dealkylation sites (tertiary alicyclic amines) is 1. The molecule has 1 aliphatic carbocycles. The van der Waals surface area contributed by atoms with E-state index in [1.807, 2.05) is 16.7 Å². The molecule has 80 valence electrons. The van der Waals surface area contributed by atoms with Crippen molar-refractivity contribution in [3.8, 4) is 0 Å². The van der Waals surface area contributed by atoms with Crippen LogP contribution in [0, 0.1) is 5.92 Å². The second-order valence-corrected chi connectivity index (χ2v) is 5.74. The van der Waals surface area contributed by atoms with E-state index in [0.717, 1.165) is 13.1 Å². The number of hydrogen-bond acceptors (Lipinski definition) is 3. The van der Waals surface area contributed by atoms with Crippen LogP contribution in [0.3, 0.4) is 0 Å². The summed E-state index contributed by atoms with van der Waals surface area (Å²) in [5.74, 6) is 0.709. The zero-order valence-corrected chi connectivity index (χ0v) is 9.48. The Balaban J connectivity index is 1.89. The van der Waals surface area contributed by atoms with E-state index in [-0.39, 0.29) is 0 Å². The predicted octanol–water partition coefficient (Wildman–Crippen LogP) is 0.689. The molecule has 0 spiro atoms. The fourth-order valence-corrected chi connectivity index (χ4v) is 2.87. The van der Waals surface area contributed by atoms with Gasteiger partial charge in [-0.25, -0.2) is 0 Å². The van der Waals surface area contributed by atoms with Gasteiger partial charge in [0.25, 0.3) is 0 Å². The first-order valence-corrected chi connectivity index (χ1v) is 6.44. The molecule has 1 amide bonds. The van der Waals surface area contributed by atoms with E-state index < -0.39 is 0 Å². The van der Waals surface area contributed by atoms with Gasteiger partial charge in [0, 0.05) is 24.3 Å². The Hall–Kier alpha value is -0.220. The third kappa shape index (κ3) is 1.91. The molecule has 2 fully saturated rings. The highest BCUT2D eigenvalue weighted by Crippen LogP contribution is 2.48. The zero-order valence-electron chi connectivity index (χ0n) is 8.66. The standard InChI is InChI=1S/C10H18N2OS/c1-14-10(2-3-10)7-12-6-8(5-11)4-9(12)13/h8H,2-7,11H2,1H3. The van der Waals surface area contributed by atoms with Crippen LogP contribution in [0.5, 0.6) is 0 Å². The average molecular weight is 214 g/mol. The maximum absolute atomic E-state index is 11.6. The molecule has 1 saturated carbocycles. The highest BCUT2D eigenvalue weighted by molar-refractivity contribution is 8.00. The maximum atomic E-state index is 11.6. The number of thioether (sulfide) groups is 1. The second kappa shape index (κ2) is 3.74. The lowest BCUT2D eigenvalue weighted by molar-refractivity contribution is -0.127. The van der Waals surface area contributed by atoms with Crippen LogP contribution in [0.4, 0.5) is 0 Å². The minimum atomic E-state index is 0.306. The van der Waals surface area contributed by atoms with Gasteiger partial charge in [-0.2, -0.15) is 11.8 Å². The molecule has 1 unspecified atom stereocenters. The molecule has 2 aliphatic rings. The number of amides is 1. The molecule has 0 radical (unpaired) electrons. The molecule has 0 aromatic carbocycles.